The Labute approximate surface area is 97.5 Å². The summed E-state index contributed by atoms with van der Waals surface area (Å²) >= 11 is 0. The molecule has 0 amide bonds. The van der Waals surface area contributed by atoms with Gasteiger partial charge < -0.3 is 10.1 Å². The number of nitrogens with one attached hydrogen (secondary N) is 1. The van der Waals surface area contributed by atoms with Gasteiger partial charge in [0.25, 0.3) is 0 Å². The highest BCUT2D eigenvalue weighted by Crippen LogP contribution is 2.24. The van der Waals surface area contributed by atoms with Gasteiger partial charge >= 0.3 is 0 Å². The molecule has 0 aliphatic carbocycles. The van der Waals surface area contributed by atoms with Crippen LogP contribution in [0.5, 0.6) is 0 Å². The minimum Gasteiger partial charge on any atom is -0.371 e. The van der Waals surface area contributed by atoms with Crippen molar-refractivity contribution >= 4 is 0 Å². The molecule has 0 saturated carbocycles. The van der Waals surface area contributed by atoms with Gasteiger partial charge in [-0.1, -0.05) is 13.8 Å². The number of hydrogen-bond donors (Lipinski definition) is 1. The van der Waals surface area contributed by atoms with E-state index < -0.39 is 0 Å². The highest BCUT2D eigenvalue weighted by Gasteiger charge is 2.27. The molecule has 1 rings (SSSR count). The summed E-state index contributed by atoms with van der Waals surface area (Å²) in [5, 5.41) is 3.25. The van der Waals surface area contributed by atoms with Crippen molar-refractivity contribution in [3.63, 3.8) is 0 Å². The van der Waals surface area contributed by atoms with Crippen molar-refractivity contribution < 1.29 is 4.74 Å². The van der Waals surface area contributed by atoms with Gasteiger partial charge in [-0.15, -0.1) is 0 Å². The molecule has 1 heterocycles. The van der Waals surface area contributed by atoms with Crippen molar-refractivity contribution in [2.75, 3.05) is 13.7 Å². The summed E-state index contributed by atoms with van der Waals surface area (Å²) in [6, 6.07) is 1.93. The van der Waals surface area contributed by atoms with Crippen molar-refractivity contribution in [3.8, 4) is 0 Å². The molecule has 4 heteroatoms. The lowest BCUT2D eigenvalue weighted by Crippen LogP contribution is -2.27. The van der Waals surface area contributed by atoms with Crippen molar-refractivity contribution in [2.24, 2.45) is 0 Å². The number of ether oxygens (including phenoxy) is 1. The van der Waals surface area contributed by atoms with Gasteiger partial charge in [-0.25, -0.2) is 9.97 Å². The van der Waals surface area contributed by atoms with Gasteiger partial charge in [-0.05, 0) is 26.0 Å². The first-order chi connectivity index (χ1) is 7.66. The molecule has 1 N–H and O–H groups in total. The first-order valence-corrected chi connectivity index (χ1v) is 5.74. The number of methoxy groups -OCH3 is 1. The standard InChI is InChI=1S/C12H21N3O/c1-5-12(3,16-4)11-14-8-7-10(15-11)9-13-6-2/h7-8,13H,5-6,9H2,1-4H3. The molecule has 0 saturated heterocycles. The van der Waals surface area contributed by atoms with Crippen LogP contribution in [-0.2, 0) is 16.9 Å². The van der Waals surface area contributed by atoms with Gasteiger partial charge in [-0.3, -0.25) is 0 Å². The molecular formula is C12H21N3O. The highest BCUT2D eigenvalue weighted by atomic mass is 16.5. The Kier molecular flexibility index (Phi) is 4.83. The molecule has 0 bridgehead atoms. The van der Waals surface area contributed by atoms with Gasteiger partial charge in [0.2, 0.25) is 0 Å². The predicted octanol–water partition coefficient (Wildman–Crippen LogP) is 1.86. The molecule has 4 nitrogen and oxygen atoms in total. The van der Waals surface area contributed by atoms with E-state index in [1.54, 1.807) is 13.3 Å². The fourth-order valence-electron chi connectivity index (χ4n) is 1.40. The highest BCUT2D eigenvalue weighted by molar-refractivity contribution is 5.07. The maximum Gasteiger partial charge on any atom is 0.160 e. The van der Waals surface area contributed by atoms with E-state index in [9.17, 15) is 0 Å². The molecule has 1 aromatic heterocycles. The summed E-state index contributed by atoms with van der Waals surface area (Å²) in [5.74, 6) is 0.757. The first-order valence-electron chi connectivity index (χ1n) is 5.74. The van der Waals surface area contributed by atoms with Crippen LogP contribution in [-0.4, -0.2) is 23.6 Å². The van der Waals surface area contributed by atoms with E-state index in [1.807, 2.05) is 13.0 Å². The Morgan fingerprint density at radius 2 is 2.19 bits per heavy atom. The normalized spacial score (nSPS) is 14.8. The fraction of sp³-hybridized carbons (Fsp3) is 0.667. The Morgan fingerprint density at radius 3 is 2.75 bits per heavy atom. The summed E-state index contributed by atoms with van der Waals surface area (Å²) in [7, 11) is 1.70. The summed E-state index contributed by atoms with van der Waals surface area (Å²) < 4.78 is 5.49. The van der Waals surface area contributed by atoms with Crippen LogP contribution in [0.3, 0.4) is 0 Å². The predicted molar refractivity (Wildman–Crippen MR) is 64.1 cm³/mol. The van der Waals surface area contributed by atoms with Crippen molar-refractivity contribution in [1.29, 1.82) is 0 Å². The second-order valence-corrected chi connectivity index (χ2v) is 3.94. The molecular weight excluding hydrogens is 202 g/mol. The molecule has 0 fully saturated rings. The Hall–Kier alpha value is -1.00. The molecule has 0 radical (unpaired) electrons. The van der Waals surface area contributed by atoms with Crippen LogP contribution in [0.25, 0.3) is 0 Å². The average Bonchev–Trinajstić information content (AvgIpc) is 2.35. The van der Waals surface area contributed by atoms with Crippen LogP contribution in [0.1, 0.15) is 38.7 Å². The second kappa shape index (κ2) is 5.92. The Morgan fingerprint density at radius 1 is 1.44 bits per heavy atom. The van der Waals surface area contributed by atoms with Crippen LogP contribution in [0.4, 0.5) is 0 Å². The Balaban J connectivity index is 2.88. The van der Waals surface area contributed by atoms with E-state index in [0.717, 1.165) is 31.0 Å². The van der Waals surface area contributed by atoms with Crippen molar-refractivity contribution in [3.05, 3.63) is 23.8 Å². The van der Waals surface area contributed by atoms with E-state index in [1.165, 1.54) is 0 Å². The number of nitrogens with zero attached hydrogens (tertiary/aromatic N) is 2. The summed E-state index contributed by atoms with van der Waals surface area (Å²) in [5.41, 5.74) is 0.617. The van der Waals surface area contributed by atoms with Crippen LogP contribution in [0, 0.1) is 0 Å². The number of hydrogen-bond acceptors (Lipinski definition) is 4. The lowest BCUT2D eigenvalue weighted by atomic mass is 10.0. The number of aromatic nitrogens is 2. The molecule has 0 spiro atoms. The summed E-state index contributed by atoms with van der Waals surface area (Å²) in [6.45, 7) is 7.88. The molecule has 0 aromatic carbocycles. The minimum atomic E-state index is -0.387. The number of rotatable bonds is 6. The first kappa shape index (κ1) is 13.1. The summed E-state index contributed by atoms with van der Waals surface area (Å²) in [4.78, 5) is 8.82. The molecule has 16 heavy (non-hydrogen) atoms. The van der Waals surface area contributed by atoms with Crippen LogP contribution in [0.2, 0.25) is 0 Å². The molecule has 1 atom stereocenters. The van der Waals surface area contributed by atoms with Crippen LogP contribution < -0.4 is 5.32 Å². The Bertz CT molecular complexity index is 324. The zero-order chi connectivity index (χ0) is 12.0. The van der Waals surface area contributed by atoms with Crippen molar-refractivity contribution in [1.82, 2.24) is 15.3 Å². The van der Waals surface area contributed by atoms with Crippen LogP contribution in [0.15, 0.2) is 12.3 Å². The third-order valence-electron chi connectivity index (χ3n) is 2.87. The average molecular weight is 223 g/mol. The van der Waals surface area contributed by atoms with Gasteiger partial charge in [-0.2, -0.15) is 0 Å². The van der Waals surface area contributed by atoms with E-state index in [-0.39, 0.29) is 5.60 Å². The molecule has 90 valence electrons. The smallest absolute Gasteiger partial charge is 0.160 e. The van der Waals surface area contributed by atoms with E-state index in [4.69, 9.17) is 4.74 Å². The second-order valence-electron chi connectivity index (χ2n) is 3.94. The maximum absolute atomic E-state index is 5.49. The van der Waals surface area contributed by atoms with Gasteiger partial charge in [0.1, 0.15) is 5.60 Å². The zero-order valence-corrected chi connectivity index (χ0v) is 10.6. The SMILES string of the molecule is CCNCc1ccnc(C(C)(CC)OC)n1. The lowest BCUT2D eigenvalue weighted by Gasteiger charge is -2.24. The molecule has 1 unspecified atom stereocenters. The molecule has 1 aromatic rings. The molecule has 0 aliphatic rings. The van der Waals surface area contributed by atoms with E-state index in [0.29, 0.717) is 0 Å². The lowest BCUT2D eigenvalue weighted by molar-refractivity contribution is -0.00917. The van der Waals surface area contributed by atoms with E-state index >= 15 is 0 Å². The van der Waals surface area contributed by atoms with Crippen molar-refractivity contribution in [2.45, 2.75) is 39.3 Å². The quantitative estimate of drug-likeness (QED) is 0.799. The minimum absolute atomic E-state index is 0.387. The van der Waals surface area contributed by atoms with Gasteiger partial charge in [0, 0.05) is 19.9 Å². The third-order valence-corrected chi connectivity index (χ3v) is 2.87. The fourth-order valence-corrected chi connectivity index (χ4v) is 1.40. The van der Waals surface area contributed by atoms with E-state index in [2.05, 4.69) is 29.1 Å². The zero-order valence-electron chi connectivity index (χ0n) is 10.6. The maximum atomic E-state index is 5.49. The largest absolute Gasteiger partial charge is 0.371 e. The van der Waals surface area contributed by atoms with Crippen LogP contribution >= 0.6 is 0 Å². The third kappa shape index (κ3) is 3.00. The topological polar surface area (TPSA) is 47.0 Å². The van der Waals surface area contributed by atoms with Gasteiger partial charge in [0.15, 0.2) is 5.82 Å². The summed E-state index contributed by atoms with van der Waals surface area (Å²) in [6.07, 6.45) is 2.65. The van der Waals surface area contributed by atoms with Gasteiger partial charge in [0.05, 0.1) is 5.69 Å². The molecule has 0 aliphatic heterocycles. The monoisotopic (exact) mass is 223 g/mol.